The number of nitrogens with zero attached hydrogens (tertiary/aromatic N) is 2. The van der Waals surface area contributed by atoms with Gasteiger partial charge in [0.2, 0.25) is 15.9 Å². The van der Waals surface area contributed by atoms with E-state index in [-0.39, 0.29) is 23.8 Å². The van der Waals surface area contributed by atoms with Gasteiger partial charge in [0.15, 0.2) is 0 Å². The van der Waals surface area contributed by atoms with E-state index in [2.05, 4.69) is 10.3 Å². The van der Waals surface area contributed by atoms with Crippen LogP contribution in [-0.2, 0) is 14.8 Å². The Morgan fingerprint density at radius 2 is 2.04 bits per heavy atom. The highest BCUT2D eigenvalue weighted by molar-refractivity contribution is 7.89. The first-order valence-electron chi connectivity index (χ1n) is 8.40. The molecule has 8 nitrogen and oxygen atoms in total. The summed E-state index contributed by atoms with van der Waals surface area (Å²) in [7, 11) is -0.959. The minimum atomic E-state index is -3.90. The van der Waals surface area contributed by atoms with E-state index in [0.29, 0.717) is 11.5 Å². The number of benzene rings is 1. The number of nitrogens with one attached hydrogen (secondary N) is 1. The van der Waals surface area contributed by atoms with E-state index in [4.69, 9.17) is 9.47 Å². The number of amides is 1. The average molecular weight is 391 g/mol. The highest BCUT2D eigenvalue weighted by atomic mass is 32.2. The third kappa shape index (κ3) is 4.04. The first-order chi connectivity index (χ1) is 13.0. The van der Waals surface area contributed by atoms with Gasteiger partial charge in [-0.3, -0.25) is 9.78 Å². The highest BCUT2D eigenvalue weighted by Crippen LogP contribution is 2.30. The summed E-state index contributed by atoms with van der Waals surface area (Å²) >= 11 is 0. The van der Waals surface area contributed by atoms with Crippen molar-refractivity contribution in [2.75, 3.05) is 20.7 Å². The van der Waals surface area contributed by atoms with Crippen molar-refractivity contribution in [2.24, 2.45) is 0 Å². The number of aromatic nitrogens is 1. The van der Waals surface area contributed by atoms with E-state index in [1.54, 1.807) is 36.7 Å². The molecule has 1 N–H and O–H groups in total. The van der Waals surface area contributed by atoms with Crippen LogP contribution in [-0.4, -0.2) is 56.5 Å². The SMILES string of the molecule is CNC(=O)[C@@H]1C[C@H](Oc2cccnc2)CN1S(=O)(=O)c1cccc(OC)c1. The second-order valence-electron chi connectivity index (χ2n) is 6.05. The average Bonchev–Trinajstić information content (AvgIpc) is 3.13. The Labute approximate surface area is 158 Å². The van der Waals surface area contributed by atoms with Gasteiger partial charge in [0.25, 0.3) is 0 Å². The molecule has 3 rings (SSSR count). The molecule has 1 amide bonds. The number of rotatable bonds is 6. The summed E-state index contributed by atoms with van der Waals surface area (Å²) in [5.74, 6) is 0.576. The Morgan fingerprint density at radius 3 is 2.70 bits per heavy atom. The number of methoxy groups -OCH3 is 1. The maximum absolute atomic E-state index is 13.2. The fraction of sp³-hybridized carbons (Fsp3) is 0.333. The van der Waals surface area contributed by atoms with Crippen molar-refractivity contribution in [2.45, 2.75) is 23.5 Å². The van der Waals surface area contributed by atoms with E-state index in [0.717, 1.165) is 0 Å². The predicted octanol–water partition coefficient (Wildman–Crippen LogP) is 1.05. The number of hydrogen-bond acceptors (Lipinski definition) is 6. The molecule has 1 saturated heterocycles. The van der Waals surface area contributed by atoms with Crippen molar-refractivity contribution in [3.05, 3.63) is 48.8 Å². The largest absolute Gasteiger partial charge is 0.497 e. The molecule has 0 unspecified atom stereocenters. The molecule has 0 spiro atoms. The minimum Gasteiger partial charge on any atom is -0.497 e. The molecule has 2 atom stereocenters. The smallest absolute Gasteiger partial charge is 0.244 e. The van der Waals surface area contributed by atoms with Gasteiger partial charge in [-0.05, 0) is 24.3 Å². The molecule has 1 fully saturated rings. The molecule has 0 aliphatic carbocycles. The normalized spacial score (nSPS) is 20.2. The third-order valence-electron chi connectivity index (χ3n) is 4.35. The molecule has 2 heterocycles. The molecule has 0 bridgehead atoms. The van der Waals surface area contributed by atoms with Gasteiger partial charge in [-0.2, -0.15) is 4.31 Å². The van der Waals surface area contributed by atoms with Crippen LogP contribution in [0.4, 0.5) is 0 Å². The number of ether oxygens (including phenoxy) is 2. The Morgan fingerprint density at radius 1 is 1.26 bits per heavy atom. The van der Waals surface area contributed by atoms with Gasteiger partial charge in [0.05, 0.1) is 24.7 Å². The quantitative estimate of drug-likeness (QED) is 0.790. The Bertz CT molecular complexity index is 904. The lowest BCUT2D eigenvalue weighted by molar-refractivity contribution is -0.123. The van der Waals surface area contributed by atoms with Crippen molar-refractivity contribution >= 4 is 15.9 Å². The molecule has 1 aromatic heterocycles. The summed E-state index contributed by atoms with van der Waals surface area (Å²) in [5.41, 5.74) is 0. The van der Waals surface area contributed by atoms with Crippen molar-refractivity contribution in [1.29, 1.82) is 0 Å². The molecular weight excluding hydrogens is 370 g/mol. The fourth-order valence-electron chi connectivity index (χ4n) is 3.03. The van der Waals surface area contributed by atoms with Crippen LogP contribution in [0, 0.1) is 0 Å². The maximum atomic E-state index is 13.2. The minimum absolute atomic E-state index is 0.0620. The molecule has 0 radical (unpaired) electrons. The Balaban J connectivity index is 1.89. The van der Waals surface area contributed by atoms with Gasteiger partial charge >= 0.3 is 0 Å². The standard InChI is InChI=1S/C18H21N3O5S/c1-19-18(22)17-10-15(26-14-6-4-8-20-11-14)12-21(17)27(23,24)16-7-3-5-13(9-16)25-2/h3-9,11,15,17H,10,12H2,1-2H3,(H,19,22)/t15-,17-/m0/s1. The molecular formula is C18H21N3O5S. The molecule has 9 heteroatoms. The summed E-state index contributed by atoms with van der Waals surface area (Å²) in [6.45, 7) is 0.0620. The van der Waals surface area contributed by atoms with Crippen LogP contribution in [0.5, 0.6) is 11.5 Å². The number of sulfonamides is 1. The van der Waals surface area contributed by atoms with Gasteiger partial charge in [-0.25, -0.2) is 8.42 Å². The summed E-state index contributed by atoms with van der Waals surface area (Å²) in [4.78, 5) is 16.4. The van der Waals surface area contributed by atoms with E-state index < -0.39 is 22.2 Å². The van der Waals surface area contributed by atoms with Gasteiger partial charge in [0.1, 0.15) is 23.6 Å². The molecule has 2 aromatic rings. The van der Waals surface area contributed by atoms with Crippen LogP contribution < -0.4 is 14.8 Å². The van der Waals surface area contributed by atoms with Crippen LogP contribution in [0.15, 0.2) is 53.7 Å². The third-order valence-corrected chi connectivity index (χ3v) is 6.22. The summed E-state index contributed by atoms with van der Waals surface area (Å²) in [5, 5.41) is 2.53. The lowest BCUT2D eigenvalue weighted by Gasteiger charge is -2.22. The zero-order valence-electron chi connectivity index (χ0n) is 15.0. The summed E-state index contributed by atoms with van der Waals surface area (Å²) < 4.78 is 38.4. The van der Waals surface area contributed by atoms with E-state index in [1.807, 2.05) is 0 Å². The van der Waals surface area contributed by atoms with E-state index in [9.17, 15) is 13.2 Å². The topological polar surface area (TPSA) is 97.8 Å². The van der Waals surface area contributed by atoms with Crippen molar-refractivity contribution in [1.82, 2.24) is 14.6 Å². The number of carbonyl (C=O) groups is 1. The van der Waals surface area contributed by atoms with Crippen LogP contribution in [0.2, 0.25) is 0 Å². The highest BCUT2D eigenvalue weighted by Gasteiger charge is 2.44. The van der Waals surface area contributed by atoms with Gasteiger partial charge in [-0.1, -0.05) is 6.07 Å². The molecule has 144 valence electrons. The summed E-state index contributed by atoms with van der Waals surface area (Å²) in [6.07, 6.45) is 2.96. The van der Waals surface area contributed by atoms with Crippen molar-refractivity contribution < 1.29 is 22.7 Å². The second-order valence-corrected chi connectivity index (χ2v) is 7.94. The first kappa shape index (κ1) is 19.1. The van der Waals surface area contributed by atoms with Crippen LogP contribution in [0.3, 0.4) is 0 Å². The second kappa shape index (κ2) is 7.93. The Hall–Kier alpha value is -2.65. The van der Waals surface area contributed by atoms with Gasteiger partial charge < -0.3 is 14.8 Å². The van der Waals surface area contributed by atoms with Gasteiger partial charge in [0, 0.05) is 25.7 Å². The molecule has 1 aromatic carbocycles. The van der Waals surface area contributed by atoms with Gasteiger partial charge in [-0.15, -0.1) is 0 Å². The predicted molar refractivity (Wildman–Crippen MR) is 98.0 cm³/mol. The van der Waals surface area contributed by atoms with E-state index in [1.165, 1.54) is 30.6 Å². The van der Waals surface area contributed by atoms with Crippen molar-refractivity contribution in [3.8, 4) is 11.5 Å². The lowest BCUT2D eigenvalue weighted by Crippen LogP contribution is -2.44. The molecule has 27 heavy (non-hydrogen) atoms. The van der Waals surface area contributed by atoms with E-state index >= 15 is 0 Å². The monoisotopic (exact) mass is 391 g/mol. The zero-order chi connectivity index (χ0) is 19.4. The number of carbonyl (C=O) groups excluding carboxylic acids is 1. The van der Waals surface area contributed by atoms with Crippen LogP contribution >= 0.6 is 0 Å². The Kier molecular flexibility index (Phi) is 5.62. The number of likely N-dealkylation sites (N-methyl/N-ethyl adjacent to an activating group) is 1. The van der Waals surface area contributed by atoms with Crippen molar-refractivity contribution in [3.63, 3.8) is 0 Å². The summed E-state index contributed by atoms with van der Waals surface area (Å²) in [6, 6.07) is 8.78. The molecule has 1 aliphatic heterocycles. The van der Waals surface area contributed by atoms with Crippen LogP contribution in [0.1, 0.15) is 6.42 Å². The fourth-order valence-corrected chi connectivity index (χ4v) is 4.70. The lowest BCUT2D eigenvalue weighted by atomic mass is 10.2. The first-order valence-corrected chi connectivity index (χ1v) is 9.84. The molecule has 0 saturated carbocycles. The zero-order valence-corrected chi connectivity index (χ0v) is 15.8. The number of hydrogen-bond donors (Lipinski definition) is 1. The number of pyridine rings is 1. The molecule has 1 aliphatic rings. The maximum Gasteiger partial charge on any atom is 0.244 e. The van der Waals surface area contributed by atoms with Crippen LogP contribution in [0.25, 0.3) is 0 Å².